The maximum Gasteiger partial charge on any atom is 0.224 e. The molecular weight excluding hydrogens is 202 g/mol. The maximum absolute atomic E-state index is 11.1. The number of primary amides is 1. The molecule has 1 aromatic heterocycles. The van der Waals surface area contributed by atoms with Crippen molar-refractivity contribution in [1.29, 1.82) is 0 Å². The molecule has 1 amide bonds. The van der Waals surface area contributed by atoms with Gasteiger partial charge in [0.2, 0.25) is 5.91 Å². The van der Waals surface area contributed by atoms with Crippen LogP contribution in [-0.4, -0.2) is 24.0 Å². The van der Waals surface area contributed by atoms with E-state index in [2.05, 4.69) is 10.3 Å². The van der Waals surface area contributed by atoms with Crippen molar-refractivity contribution in [3.8, 4) is 0 Å². The van der Waals surface area contributed by atoms with Crippen LogP contribution in [0.5, 0.6) is 0 Å². The van der Waals surface area contributed by atoms with E-state index in [-0.39, 0.29) is 5.91 Å². The molecule has 0 saturated heterocycles. The van der Waals surface area contributed by atoms with Crippen molar-refractivity contribution in [3.05, 3.63) is 30.1 Å². The molecular formula is C12H19N3O. The van der Waals surface area contributed by atoms with E-state index in [9.17, 15) is 4.79 Å². The highest BCUT2D eigenvalue weighted by Crippen LogP contribution is 2.11. The Labute approximate surface area is 96.3 Å². The lowest BCUT2D eigenvalue weighted by molar-refractivity contribution is -0.125. The Morgan fingerprint density at radius 2 is 2.06 bits per heavy atom. The summed E-state index contributed by atoms with van der Waals surface area (Å²) < 4.78 is 0. The number of hydrogen-bond acceptors (Lipinski definition) is 3. The van der Waals surface area contributed by atoms with E-state index in [0.29, 0.717) is 6.54 Å². The van der Waals surface area contributed by atoms with Crippen molar-refractivity contribution in [2.24, 2.45) is 11.1 Å². The molecule has 88 valence electrons. The van der Waals surface area contributed by atoms with E-state index < -0.39 is 5.41 Å². The number of nitrogens with two attached hydrogens (primary N) is 1. The predicted molar refractivity (Wildman–Crippen MR) is 63.8 cm³/mol. The van der Waals surface area contributed by atoms with Crippen molar-refractivity contribution in [2.45, 2.75) is 20.3 Å². The van der Waals surface area contributed by atoms with Gasteiger partial charge in [-0.3, -0.25) is 9.78 Å². The summed E-state index contributed by atoms with van der Waals surface area (Å²) in [7, 11) is 0. The van der Waals surface area contributed by atoms with E-state index in [1.54, 1.807) is 12.4 Å². The average Bonchev–Trinajstić information content (AvgIpc) is 2.26. The monoisotopic (exact) mass is 221 g/mol. The Kier molecular flexibility index (Phi) is 4.43. The van der Waals surface area contributed by atoms with Crippen molar-refractivity contribution >= 4 is 5.91 Å². The normalized spacial score (nSPS) is 11.4. The minimum atomic E-state index is -0.488. The minimum absolute atomic E-state index is 0.274. The molecule has 0 fully saturated rings. The zero-order valence-corrected chi connectivity index (χ0v) is 9.86. The number of carbonyl (C=O) groups excluding carboxylic acids is 1. The van der Waals surface area contributed by atoms with Crippen LogP contribution in [0.15, 0.2) is 24.5 Å². The van der Waals surface area contributed by atoms with E-state index in [1.165, 1.54) is 5.56 Å². The van der Waals surface area contributed by atoms with E-state index >= 15 is 0 Å². The predicted octanol–water partition coefficient (Wildman–Crippen LogP) is 0.725. The summed E-state index contributed by atoms with van der Waals surface area (Å²) in [5.74, 6) is -0.274. The molecule has 1 heterocycles. The quantitative estimate of drug-likeness (QED) is 0.696. The summed E-state index contributed by atoms with van der Waals surface area (Å²) in [4.78, 5) is 15.0. The van der Waals surface area contributed by atoms with Crippen LogP contribution in [0.1, 0.15) is 19.4 Å². The Hall–Kier alpha value is -1.42. The molecule has 0 spiro atoms. The molecule has 16 heavy (non-hydrogen) atoms. The largest absolute Gasteiger partial charge is 0.369 e. The van der Waals surface area contributed by atoms with E-state index in [1.807, 2.05) is 26.0 Å². The summed E-state index contributed by atoms with van der Waals surface area (Å²) in [6.07, 6.45) is 4.49. The van der Waals surface area contributed by atoms with Gasteiger partial charge in [-0.25, -0.2) is 0 Å². The lowest BCUT2D eigenvalue weighted by atomic mass is 9.93. The number of amides is 1. The fourth-order valence-corrected chi connectivity index (χ4v) is 1.27. The topological polar surface area (TPSA) is 68.0 Å². The van der Waals surface area contributed by atoms with Crippen molar-refractivity contribution in [1.82, 2.24) is 10.3 Å². The molecule has 1 rings (SSSR count). The smallest absolute Gasteiger partial charge is 0.224 e. The second-order valence-electron chi connectivity index (χ2n) is 4.53. The molecule has 3 N–H and O–H groups in total. The van der Waals surface area contributed by atoms with Gasteiger partial charge < -0.3 is 11.1 Å². The van der Waals surface area contributed by atoms with Gasteiger partial charge in [-0.15, -0.1) is 0 Å². The molecule has 0 aliphatic carbocycles. The fraction of sp³-hybridized carbons (Fsp3) is 0.500. The summed E-state index contributed by atoms with van der Waals surface area (Å²) in [5.41, 5.74) is 6.02. The van der Waals surface area contributed by atoms with Crippen LogP contribution in [0.2, 0.25) is 0 Å². The third kappa shape index (κ3) is 3.98. The highest BCUT2D eigenvalue weighted by Gasteiger charge is 2.23. The molecule has 0 atom stereocenters. The van der Waals surface area contributed by atoms with Gasteiger partial charge in [-0.05, 0) is 44.5 Å². The van der Waals surface area contributed by atoms with Gasteiger partial charge in [0.1, 0.15) is 0 Å². The number of aromatic nitrogens is 1. The standard InChI is InChI=1S/C12H19N3O/c1-12(2,11(13)16)9-15-8-5-10-3-6-14-7-4-10/h3-4,6-7,15H,5,8-9H2,1-2H3,(H2,13,16). The number of pyridine rings is 1. The Morgan fingerprint density at radius 1 is 1.44 bits per heavy atom. The SMILES string of the molecule is CC(C)(CNCCc1ccncc1)C(N)=O. The van der Waals surface area contributed by atoms with Gasteiger partial charge in [0.15, 0.2) is 0 Å². The first kappa shape index (κ1) is 12.6. The first-order valence-electron chi connectivity index (χ1n) is 5.42. The van der Waals surface area contributed by atoms with Crippen molar-refractivity contribution in [2.75, 3.05) is 13.1 Å². The molecule has 0 aliphatic rings. The van der Waals surface area contributed by atoms with Crippen LogP contribution in [0.25, 0.3) is 0 Å². The zero-order valence-electron chi connectivity index (χ0n) is 9.86. The van der Waals surface area contributed by atoms with Crippen molar-refractivity contribution in [3.63, 3.8) is 0 Å². The van der Waals surface area contributed by atoms with Crippen LogP contribution in [0.3, 0.4) is 0 Å². The molecule has 0 unspecified atom stereocenters. The highest BCUT2D eigenvalue weighted by atomic mass is 16.1. The Bertz CT molecular complexity index is 335. The van der Waals surface area contributed by atoms with Gasteiger partial charge in [0, 0.05) is 18.9 Å². The highest BCUT2D eigenvalue weighted by molar-refractivity contribution is 5.80. The molecule has 0 radical (unpaired) electrons. The number of hydrogen-bond donors (Lipinski definition) is 2. The summed E-state index contributed by atoms with van der Waals surface area (Å²) in [5, 5.41) is 3.23. The van der Waals surface area contributed by atoms with E-state index in [0.717, 1.165) is 13.0 Å². The van der Waals surface area contributed by atoms with Gasteiger partial charge >= 0.3 is 0 Å². The van der Waals surface area contributed by atoms with Crippen LogP contribution >= 0.6 is 0 Å². The Balaban J connectivity index is 2.25. The Morgan fingerprint density at radius 3 is 2.62 bits per heavy atom. The number of nitrogens with one attached hydrogen (secondary N) is 1. The van der Waals surface area contributed by atoms with Gasteiger partial charge in [0.05, 0.1) is 5.41 Å². The van der Waals surface area contributed by atoms with Crippen molar-refractivity contribution < 1.29 is 4.79 Å². The van der Waals surface area contributed by atoms with Gasteiger partial charge in [-0.1, -0.05) is 0 Å². The average molecular weight is 221 g/mol. The summed E-state index contributed by atoms with van der Waals surface area (Å²) in [6, 6.07) is 3.97. The van der Waals surface area contributed by atoms with Crippen LogP contribution in [0, 0.1) is 5.41 Å². The van der Waals surface area contributed by atoms with Crippen LogP contribution in [0.4, 0.5) is 0 Å². The third-order valence-corrected chi connectivity index (χ3v) is 2.57. The van der Waals surface area contributed by atoms with Crippen LogP contribution < -0.4 is 11.1 Å². The fourth-order valence-electron chi connectivity index (χ4n) is 1.27. The molecule has 1 aromatic rings. The number of rotatable bonds is 6. The molecule has 0 saturated carbocycles. The molecule has 0 bridgehead atoms. The number of nitrogens with zero attached hydrogens (tertiary/aromatic N) is 1. The van der Waals surface area contributed by atoms with Gasteiger partial charge in [-0.2, -0.15) is 0 Å². The lowest BCUT2D eigenvalue weighted by Gasteiger charge is -2.20. The molecule has 4 nitrogen and oxygen atoms in total. The first-order valence-corrected chi connectivity index (χ1v) is 5.42. The lowest BCUT2D eigenvalue weighted by Crippen LogP contribution is -2.40. The maximum atomic E-state index is 11.1. The first-order chi connectivity index (χ1) is 7.52. The third-order valence-electron chi connectivity index (χ3n) is 2.57. The second kappa shape index (κ2) is 5.61. The zero-order chi connectivity index (χ0) is 12.0. The summed E-state index contributed by atoms with van der Waals surface area (Å²) in [6.45, 7) is 5.12. The minimum Gasteiger partial charge on any atom is -0.369 e. The second-order valence-corrected chi connectivity index (χ2v) is 4.53. The molecule has 0 aliphatic heterocycles. The van der Waals surface area contributed by atoms with Crippen LogP contribution in [-0.2, 0) is 11.2 Å². The summed E-state index contributed by atoms with van der Waals surface area (Å²) >= 11 is 0. The van der Waals surface area contributed by atoms with Gasteiger partial charge in [0.25, 0.3) is 0 Å². The molecule has 4 heteroatoms. The van der Waals surface area contributed by atoms with E-state index in [4.69, 9.17) is 5.73 Å². The number of carbonyl (C=O) groups is 1. The molecule has 0 aromatic carbocycles.